The van der Waals surface area contributed by atoms with E-state index in [2.05, 4.69) is 21.2 Å². The molecule has 1 rings (SSSR count). The van der Waals surface area contributed by atoms with Crippen LogP contribution < -0.4 is 11.1 Å². The summed E-state index contributed by atoms with van der Waals surface area (Å²) in [6.07, 6.45) is 0.479. The summed E-state index contributed by atoms with van der Waals surface area (Å²) in [6.45, 7) is 3.49. The summed E-state index contributed by atoms with van der Waals surface area (Å²) in [4.78, 5) is 12.2. The lowest BCUT2D eigenvalue weighted by Gasteiger charge is -2.25. The number of carbonyl (C=O) groups is 1. The van der Waals surface area contributed by atoms with E-state index in [1.807, 2.05) is 6.92 Å². The fraction of sp³-hybridized carbons (Fsp3) is 0.333. The molecule has 1 amide bonds. The van der Waals surface area contributed by atoms with Gasteiger partial charge in [0.25, 0.3) is 0 Å². The fourth-order valence-corrected chi connectivity index (χ4v) is 1.77. The molecule has 0 radical (unpaired) electrons. The van der Waals surface area contributed by atoms with E-state index in [0.29, 0.717) is 16.6 Å². The second-order valence-corrected chi connectivity index (χ2v) is 5.43. The monoisotopic (exact) mass is 332 g/mol. The maximum Gasteiger partial charge on any atom is 0.237 e. The lowest BCUT2D eigenvalue weighted by atomic mass is 9.86. The van der Waals surface area contributed by atoms with Gasteiger partial charge in [0, 0.05) is 5.69 Å². The number of nitrogens with two attached hydrogens (primary N) is 1. The van der Waals surface area contributed by atoms with Crippen molar-refractivity contribution in [1.29, 1.82) is 0 Å². The Kier molecular flexibility index (Phi) is 4.81. The summed E-state index contributed by atoms with van der Waals surface area (Å²) in [5.74, 6) is -0.777. The van der Waals surface area contributed by atoms with Gasteiger partial charge in [0.15, 0.2) is 0 Å². The highest BCUT2D eigenvalue weighted by molar-refractivity contribution is 9.10. The Hall–Kier alpha value is -1.01. The summed E-state index contributed by atoms with van der Waals surface area (Å²) in [5.41, 5.74) is 5.02. The van der Waals surface area contributed by atoms with Crippen molar-refractivity contribution in [3.8, 4) is 0 Å². The molecule has 1 atom stereocenters. The van der Waals surface area contributed by atoms with Crippen molar-refractivity contribution in [3.63, 3.8) is 0 Å². The summed E-state index contributed by atoms with van der Waals surface area (Å²) >= 11 is 7.95. The van der Waals surface area contributed by atoms with Crippen LogP contribution in [0.15, 0.2) is 22.7 Å². The minimum Gasteiger partial charge on any atom is -0.392 e. The zero-order valence-corrected chi connectivity index (χ0v) is 12.5. The molecular weight excluding hydrogens is 319 g/mol. The van der Waals surface area contributed by atoms with Crippen LogP contribution >= 0.6 is 28.1 Å². The van der Waals surface area contributed by atoms with Gasteiger partial charge in [-0.2, -0.15) is 0 Å². The summed E-state index contributed by atoms with van der Waals surface area (Å²) in [7, 11) is 0. The standard InChI is InChI=1S/C12H14BrFN2OS/c1-3-12(2,10(15)18)11(17)16-7-4-5-8(13)9(14)6-7/h4-6H,3H2,1-2H3,(H2,15,18)(H,16,17). The quantitative estimate of drug-likeness (QED) is 0.832. The van der Waals surface area contributed by atoms with E-state index in [4.69, 9.17) is 18.0 Å². The SMILES string of the molecule is CCC(C)(C(=O)Nc1ccc(Br)c(F)c1)C(N)=S. The Balaban J connectivity index is 2.93. The largest absolute Gasteiger partial charge is 0.392 e. The third-order valence-electron chi connectivity index (χ3n) is 2.93. The van der Waals surface area contributed by atoms with Crippen LogP contribution in [0.3, 0.4) is 0 Å². The second-order valence-electron chi connectivity index (χ2n) is 4.13. The lowest BCUT2D eigenvalue weighted by molar-refractivity contribution is -0.121. The number of carbonyl (C=O) groups excluding carboxylic acids is 1. The Morgan fingerprint density at radius 2 is 2.22 bits per heavy atom. The molecular formula is C12H14BrFN2OS. The van der Waals surface area contributed by atoms with Crippen LogP contribution in [0.5, 0.6) is 0 Å². The number of thiocarbonyl (C=S) groups is 1. The second kappa shape index (κ2) is 5.75. The van der Waals surface area contributed by atoms with E-state index in [0.717, 1.165) is 0 Å². The molecule has 3 nitrogen and oxygen atoms in total. The van der Waals surface area contributed by atoms with Gasteiger partial charge in [0.05, 0.1) is 14.9 Å². The molecule has 0 saturated carbocycles. The molecule has 0 spiro atoms. The average molecular weight is 333 g/mol. The number of anilines is 1. The Morgan fingerprint density at radius 1 is 1.61 bits per heavy atom. The molecule has 1 unspecified atom stereocenters. The van der Waals surface area contributed by atoms with Crippen molar-refractivity contribution in [2.75, 3.05) is 5.32 Å². The maximum absolute atomic E-state index is 13.3. The van der Waals surface area contributed by atoms with Gasteiger partial charge < -0.3 is 11.1 Å². The molecule has 1 aromatic rings. The summed E-state index contributed by atoms with van der Waals surface area (Å²) in [6, 6.07) is 4.35. The Labute approximate surface area is 119 Å². The van der Waals surface area contributed by atoms with Gasteiger partial charge in [-0.05, 0) is 47.5 Å². The van der Waals surface area contributed by atoms with Crippen molar-refractivity contribution in [2.45, 2.75) is 20.3 Å². The number of hydrogen-bond donors (Lipinski definition) is 2. The fourth-order valence-electron chi connectivity index (χ4n) is 1.29. The Morgan fingerprint density at radius 3 is 2.67 bits per heavy atom. The first kappa shape index (κ1) is 15.0. The molecule has 0 aromatic heterocycles. The number of halogens is 2. The van der Waals surface area contributed by atoms with Crippen LogP contribution in [0.4, 0.5) is 10.1 Å². The van der Waals surface area contributed by atoms with Crippen molar-refractivity contribution in [3.05, 3.63) is 28.5 Å². The topological polar surface area (TPSA) is 55.1 Å². The van der Waals surface area contributed by atoms with E-state index >= 15 is 0 Å². The van der Waals surface area contributed by atoms with Gasteiger partial charge in [-0.3, -0.25) is 4.79 Å². The van der Waals surface area contributed by atoms with Gasteiger partial charge >= 0.3 is 0 Å². The zero-order valence-electron chi connectivity index (χ0n) is 10.1. The molecule has 0 fully saturated rings. The first-order valence-corrected chi connectivity index (χ1v) is 6.57. The highest BCUT2D eigenvalue weighted by Crippen LogP contribution is 2.25. The van der Waals surface area contributed by atoms with E-state index in [1.165, 1.54) is 12.1 Å². The third-order valence-corrected chi connectivity index (χ3v) is 4.02. The molecule has 3 N–H and O–H groups in total. The van der Waals surface area contributed by atoms with Crippen molar-refractivity contribution >= 4 is 44.7 Å². The van der Waals surface area contributed by atoms with Gasteiger partial charge in [0.1, 0.15) is 5.82 Å². The predicted octanol–water partition coefficient (Wildman–Crippen LogP) is 3.23. The van der Waals surface area contributed by atoms with Crippen LogP contribution in [-0.2, 0) is 4.79 Å². The van der Waals surface area contributed by atoms with Gasteiger partial charge in [-0.1, -0.05) is 19.1 Å². The first-order chi connectivity index (χ1) is 8.31. The number of rotatable bonds is 4. The van der Waals surface area contributed by atoms with E-state index in [9.17, 15) is 9.18 Å². The minimum absolute atomic E-state index is 0.125. The molecule has 0 aliphatic heterocycles. The Bertz CT molecular complexity index is 495. The van der Waals surface area contributed by atoms with Crippen LogP contribution in [0.2, 0.25) is 0 Å². The number of hydrogen-bond acceptors (Lipinski definition) is 2. The predicted molar refractivity (Wildman–Crippen MR) is 77.9 cm³/mol. The third kappa shape index (κ3) is 3.05. The van der Waals surface area contributed by atoms with Crippen LogP contribution in [0, 0.1) is 11.2 Å². The number of nitrogens with one attached hydrogen (secondary N) is 1. The van der Waals surface area contributed by atoms with Gasteiger partial charge in [-0.25, -0.2) is 4.39 Å². The lowest BCUT2D eigenvalue weighted by Crippen LogP contribution is -2.43. The van der Waals surface area contributed by atoms with Crippen molar-refractivity contribution in [1.82, 2.24) is 0 Å². The maximum atomic E-state index is 13.3. The number of benzene rings is 1. The highest BCUT2D eigenvalue weighted by atomic mass is 79.9. The van der Waals surface area contributed by atoms with E-state index < -0.39 is 11.2 Å². The van der Waals surface area contributed by atoms with Crippen LogP contribution in [0.1, 0.15) is 20.3 Å². The van der Waals surface area contributed by atoms with Crippen LogP contribution in [-0.4, -0.2) is 10.9 Å². The molecule has 0 bridgehead atoms. The molecule has 0 heterocycles. The minimum atomic E-state index is -0.932. The smallest absolute Gasteiger partial charge is 0.237 e. The summed E-state index contributed by atoms with van der Waals surface area (Å²) < 4.78 is 13.7. The molecule has 0 saturated heterocycles. The molecule has 98 valence electrons. The van der Waals surface area contributed by atoms with Crippen molar-refractivity contribution < 1.29 is 9.18 Å². The van der Waals surface area contributed by atoms with E-state index in [-0.39, 0.29) is 10.9 Å². The molecule has 1 aromatic carbocycles. The molecule has 0 aliphatic carbocycles. The van der Waals surface area contributed by atoms with Gasteiger partial charge in [-0.15, -0.1) is 0 Å². The summed E-state index contributed by atoms with van der Waals surface area (Å²) in [5, 5.41) is 2.62. The normalized spacial score (nSPS) is 13.8. The average Bonchev–Trinajstić information content (AvgIpc) is 2.32. The number of amides is 1. The molecule has 6 heteroatoms. The molecule has 0 aliphatic rings. The molecule has 18 heavy (non-hydrogen) atoms. The van der Waals surface area contributed by atoms with E-state index in [1.54, 1.807) is 13.0 Å². The highest BCUT2D eigenvalue weighted by Gasteiger charge is 2.34. The first-order valence-electron chi connectivity index (χ1n) is 5.37. The van der Waals surface area contributed by atoms with Gasteiger partial charge in [0.2, 0.25) is 5.91 Å². The zero-order chi connectivity index (χ0) is 13.9. The van der Waals surface area contributed by atoms with Crippen molar-refractivity contribution in [2.24, 2.45) is 11.1 Å². The van der Waals surface area contributed by atoms with Crippen LogP contribution in [0.25, 0.3) is 0 Å².